The van der Waals surface area contributed by atoms with Gasteiger partial charge in [-0.1, -0.05) is 24.3 Å². The van der Waals surface area contributed by atoms with E-state index in [-0.39, 0.29) is 13.1 Å². The molecule has 3 aromatic carbocycles. The van der Waals surface area contributed by atoms with Crippen molar-refractivity contribution in [3.63, 3.8) is 0 Å². The predicted molar refractivity (Wildman–Crippen MR) is 177 cm³/mol. The smallest absolute Gasteiger partial charge is 0.313 e. The van der Waals surface area contributed by atoms with Crippen molar-refractivity contribution in [2.45, 2.75) is 41.5 Å². The van der Waals surface area contributed by atoms with Gasteiger partial charge >= 0.3 is 11.9 Å². The van der Waals surface area contributed by atoms with Gasteiger partial charge in [-0.3, -0.25) is 19.2 Å². The minimum Gasteiger partial charge on any atom is -0.492 e. The van der Waals surface area contributed by atoms with E-state index in [9.17, 15) is 19.2 Å². The van der Waals surface area contributed by atoms with Crippen molar-refractivity contribution >= 4 is 35.1 Å². The third kappa shape index (κ3) is 8.24. The molecule has 0 heterocycles. The van der Waals surface area contributed by atoms with Crippen LogP contribution in [0, 0.1) is 10.8 Å². The summed E-state index contributed by atoms with van der Waals surface area (Å²) in [7, 11) is 2.62. The van der Waals surface area contributed by atoms with E-state index in [1.807, 2.05) is 13.8 Å². The minimum absolute atomic E-state index is 0.00781. The van der Waals surface area contributed by atoms with Crippen LogP contribution in [-0.2, 0) is 19.1 Å². The van der Waals surface area contributed by atoms with Gasteiger partial charge in [-0.2, -0.15) is 0 Å². The number of methoxy groups -OCH3 is 2. The number of carbonyl (C=O) groups is 4. The first-order valence-electron chi connectivity index (χ1n) is 15.2. The maximum atomic E-state index is 14.1. The van der Waals surface area contributed by atoms with Crippen LogP contribution in [0.3, 0.4) is 0 Å². The molecule has 0 saturated heterocycles. The fourth-order valence-corrected chi connectivity index (χ4v) is 4.99. The molecule has 0 saturated carbocycles. The molecule has 3 rings (SSSR count). The Morgan fingerprint density at radius 1 is 0.565 bits per heavy atom. The summed E-state index contributed by atoms with van der Waals surface area (Å²) in [5, 5.41) is 0. The molecule has 0 radical (unpaired) electrons. The van der Waals surface area contributed by atoms with Gasteiger partial charge < -0.3 is 28.7 Å². The van der Waals surface area contributed by atoms with Crippen molar-refractivity contribution in [2.24, 2.45) is 10.8 Å². The zero-order valence-electron chi connectivity index (χ0n) is 27.9. The van der Waals surface area contributed by atoms with Gasteiger partial charge in [0, 0.05) is 24.2 Å². The van der Waals surface area contributed by atoms with Gasteiger partial charge in [-0.05, 0) is 90.1 Å². The molecular weight excluding hydrogens is 588 g/mol. The number of hydrogen-bond donors (Lipinski definition) is 0. The lowest BCUT2D eigenvalue weighted by Crippen LogP contribution is -2.44. The van der Waals surface area contributed by atoms with E-state index < -0.39 is 34.6 Å². The highest BCUT2D eigenvalue weighted by molar-refractivity contribution is 6.10. The molecule has 0 aliphatic heterocycles. The predicted octanol–water partition coefficient (Wildman–Crippen LogP) is 6.18. The molecule has 0 aliphatic rings. The van der Waals surface area contributed by atoms with Crippen molar-refractivity contribution < 1.29 is 38.1 Å². The summed E-state index contributed by atoms with van der Waals surface area (Å²) in [5.41, 5.74) is -0.508. The van der Waals surface area contributed by atoms with Gasteiger partial charge in [0.15, 0.2) is 0 Å². The number of esters is 2. The molecule has 0 unspecified atom stereocenters. The molecule has 0 atom stereocenters. The lowest BCUT2D eigenvalue weighted by atomic mass is 9.92. The Morgan fingerprint density at radius 3 is 1.20 bits per heavy atom. The maximum absolute atomic E-state index is 14.1. The Kier molecular flexibility index (Phi) is 11.9. The van der Waals surface area contributed by atoms with Crippen molar-refractivity contribution in [1.29, 1.82) is 0 Å². The average molecular weight is 633 g/mol. The van der Waals surface area contributed by atoms with E-state index >= 15 is 0 Å². The Hall–Kier alpha value is -4.86. The highest BCUT2D eigenvalue weighted by Crippen LogP contribution is 2.34. The molecule has 0 N–H and O–H groups in total. The van der Waals surface area contributed by atoms with Crippen molar-refractivity contribution in [3.8, 4) is 11.5 Å². The van der Waals surface area contributed by atoms with Crippen LogP contribution in [0.4, 0.5) is 11.4 Å². The number of anilines is 2. The number of hydrogen-bond acceptors (Lipinski definition) is 8. The molecule has 246 valence electrons. The molecule has 10 heteroatoms. The molecular formula is C36H44N2O8. The normalized spacial score (nSPS) is 11.3. The molecule has 46 heavy (non-hydrogen) atoms. The highest BCUT2D eigenvalue weighted by Gasteiger charge is 2.37. The Morgan fingerprint density at radius 2 is 0.891 bits per heavy atom. The first-order valence-corrected chi connectivity index (χ1v) is 15.2. The van der Waals surface area contributed by atoms with Crippen LogP contribution in [0.5, 0.6) is 11.5 Å². The van der Waals surface area contributed by atoms with E-state index in [1.54, 1.807) is 100 Å². The van der Waals surface area contributed by atoms with Gasteiger partial charge in [0.05, 0.1) is 49.6 Å². The van der Waals surface area contributed by atoms with Gasteiger partial charge in [0.25, 0.3) is 11.8 Å². The lowest BCUT2D eigenvalue weighted by molar-refractivity contribution is -0.150. The third-order valence-corrected chi connectivity index (χ3v) is 7.36. The van der Waals surface area contributed by atoms with Crippen LogP contribution in [0.2, 0.25) is 0 Å². The summed E-state index contributed by atoms with van der Waals surface area (Å²) in [5.74, 6) is -0.753. The topological polar surface area (TPSA) is 112 Å². The van der Waals surface area contributed by atoms with Crippen LogP contribution in [-0.4, -0.2) is 64.3 Å². The quantitative estimate of drug-likeness (QED) is 0.194. The lowest BCUT2D eigenvalue weighted by Gasteiger charge is -2.32. The second kappa shape index (κ2) is 15.4. The molecule has 0 fully saturated rings. The fraction of sp³-hybridized carbons (Fsp3) is 0.389. The van der Waals surface area contributed by atoms with Crippen molar-refractivity contribution in [1.82, 2.24) is 0 Å². The van der Waals surface area contributed by atoms with Crippen molar-refractivity contribution in [2.75, 3.05) is 50.3 Å². The number of para-hydroxylation sites is 4. The molecule has 0 bridgehead atoms. The van der Waals surface area contributed by atoms with E-state index in [0.29, 0.717) is 47.2 Å². The van der Waals surface area contributed by atoms with Crippen LogP contribution >= 0.6 is 0 Å². The summed E-state index contributed by atoms with van der Waals surface area (Å²) < 4.78 is 21.6. The average Bonchev–Trinajstić information content (AvgIpc) is 3.05. The highest BCUT2D eigenvalue weighted by atomic mass is 16.5. The zero-order valence-corrected chi connectivity index (χ0v) is 27.9. The van der Waals surface area contributed by atoms with E-state index in [2.05, 4.69) is 0 Å². The van der Waals surface area contributed by atoms with E-state index in [4.69, 9.17) is 18.9 Å². The number of carbonyl (C=O) groups excluding carboxylic acids is 4. The van der Waals surface area contributed by atoms with Crippen LogP contribution in [0.15, 0.2) is 72.8 Å². The molecule has 0 aliphatic carbocycles. The number of amides is 2. The van der Waals surface area contributed by atoms with Crippen LogP contribution < -0.4 is 19.3 Å². The molecule has 0 spiro atoms. The number of rotatable bonds is 14. The summed E-state index contributed by atoms with van der Waals surface area (Å²) in [6, 6.07) is 20.5. The fourth-order valence-electron chi connectivity index (χ4n) is 4.99. The first kappa shape index (κ1) is 35.6. The minimum atomic E-state index is -1.04. The van der Waals surface area contributed by atoms with E-state index in [0.717, 1.165) is 0 Å². The number of benzene rings is 3. The van der Waals surface area contributed by atoms with Gasteiger partial charge in [-0.25, -0.2) is 0 Å². The van der Waals surface area contributed by atoms with Gasteiger partial charge in [0.2, 0.25) is 0 Å². The van der Waals surface area contributed by atoms with E-state index in [1.165, 1.54) is 24.0 Å². The van der Waals surface area contributed by atoms with Gasteiger partial charge in [-0.15, -0.1) is 0 Å². The molecule has 2 amide bonds. The Labute approximate surface area is 271 Å². The maximum Gasteiger partial charge on any atom is 0.313 e. The molecule has 0 aromatic heterocycles. The van der Waals surface area contributed by atoms with Gasteiger partial charge in [0.1, 0.15) is 11.5 Å². The standard InChI is InChI=1S/C36H44N2O8/c1-9-45-29-17-13-11-15-27(29)37(23-35(3,4)33(41)43-7)31(39)25-19-21-26(22-20-25)32(40)38(24-36(5,6)34(42)44-8)28-16-12-14-18-30(28)46-10-2/h11-22H,9-10,23-24H2,1-8H3. The Bertz CT molecular complexity index is 1420. The summed E-state index contributed by atoms with van der Waals surface area (Å²) in [4.78, 5) is 56.4. The summed E-state index contributed by atoms with van der Waals surface area (Å²) in [6.45, 7) is 11.3. The zero-order chi connectivity index (χ0) is 34.1. The molecule has 10 nitrogen and oxygen atoms in total. The Balaban J connectivity index is 2.04. The largest absolute Gasteiger partial charge is 0.492 e. The number of ether oxygens (including phenoxy) is 4. The second-order valence-corrected chi connectivity index (χ2v) is 11.9. The third-order valence-electron chi connectivity index (χ3n) is 7.36. The SMILES string of the molecule is CCOc1ccccc1N(CC(C)(C)C(=O)OC)C(=O)c1ccc(C(=O)N(CC(C)(C)C(=O)OC)c2ccccc2OCC)cc1. The van der Waals surface area contributed by atoms with Crippen molar-refractivity contribution in [3.05, 3.63) is 83.9 Å². The summed E-state index contributed by atoms with van der Waals surface area (Å²) >= 11 is 0. The monoisotopic (exact) mass is 632 g/mol. The second-order valence-electron chi connectivity index (χ2n) is 11.9. The number of nitrogens with zero attached hydrogens (tertiary/aromatic N) is 2. The summed E-state index contributed by atoms with van der Waals surface area (Å²) in [6.07, 6.45) is 0. The molecule has 3 aromatic rings. The van der Waals surface area contributed by atoms with Crippen LogP contribution in [0.1, 0.15) is 62.3 Å². The first-order chi connectivity index (χ1) is 21.8. The van der Waals surface area contributed by atoms with Crippen LogP contribution in [0.25, 0.3) is 0 Å².